The average molecular weight is 195 g/mol. The topological polar surface area (TPSA) is 69.4 Å². The zero-order chi connectivity index (χ0) is 9.45. The fourth-order valence-electron chi connectivity index (χ4n) is 0.903. The second kappa shape index (κ2) is 6.39. The lowest BCUT2D eigenvalue weighted by molar-refractivity contribution is 0.192. The highest BCUT2D eigenvalue weighted by Gasteiger charge is 2.00. The van der Waals surface area contributed by atoms with Gasteiger partial charge >= 0.3 is 0 Å². The maximum absolute atomic E-state index is 10.5. The maximum Gasteiger partial charge on any atom is 0.209 e. The van der Waals surface area contributed by atoms with Gasteiger partial charge in [0.25, 0.3) is 0 Å². The number of hydrogen-bond acceptors (Lipinski definition) is 3. The van der Waals surface area contributed by atoms with Gasteiger partial charge in [-0.3, -0.25) is 0 Å². The van der Waals surface area contributed by atoms with Crippen LogP contribution in [-0.4, -0.2) is 27.9 Å². The molecule has 0 aliphatic heterocycles. The number of rotatable bonds is 7. The van der Waals surface area contributed by atoms with Crippen molar-refractivity contribution < 1.29 is 13.2 Å². The van der Waals surface area contributed by atoms with Crippen LogP contribution in [-0.2, 0) is 14.8 Å². The molecule has 2 N–H and O–H groups in total. The van der Waals surface area contributed by atoms with E-state index in [9.17, 15) is 8.42 Å². The number of ether oxygens (including phenoxy) is 1. The zero-order valence-corrected chi connectivity index (χ0v) is 8.27. The van der Waals surface area contributed by atoms with Gasteiger partial charge in [-0.1, -0.05) is 12.8 Å². The van der Waals surface area contributed by atoms with E-state index in [1.807, 2.05) is 0 Å². The first-order valence-corrected chi connectivity index (χ1v) is 5.77. The van der Waals surface area contributed by atoms with Crippen molar-refractivity contribution in [1.29, 1.82) is 0 Å². The molecule has 74 valence electrons. The highest BCUT2D eigenvalue weighted by atomic mass is 32.2. The molecule has 0 amide bonds. The lowest BCUT2D eigenvalue weighted by atomic mass is 10.2. The highest BCUT2D eigenvalue weighted by molar-refractivity contribution is 7.89. The Hall–Kier alpha value is -0.130. The van der Waals surface area contributed by atoms with Gasteiger partial charge in [-0.15, -0.1) is 0 Å². The second-order valence-corrected chi connectivity index (χ2v) is 4.51. The fourth-order valence-corrected chi connectivity index (χ4v) is 1.51. The lowest BCUT2D eigenvalue weighted by Gasteiger charge is -1.99. The van der Waals surface area contributed by atoms with Gasteiger partial charge in [-0.2, -0.15) is 0 Å². The minimum atomic E-state index is -3.25. The Balaban J connectivity index is 3.12. The van der Waals surface area contributed by atoms with Crippen molar-refractivity contribution >= 4 is 10.0 Å². The van der Waals surface area contributed by atoms with Crippen molar-refractivity contribution in [2.45, 2.75) is 25.7 Å². The molecular formula is C7H17NO3S. The molecule has 4 nitrogen and oxygen atoms in total. The Morgan fingerprint density at radius 1 is 1.17 bits per heavy atom. The summed E-state index contributed by atoms with van der Waals surface area (Å²) < 4.78 is 25.8. The van der Waals surface area contributed by atoms with Gasteiger partial charge in [0.05, 0.1) is 5.75 Å². The first-order valence-electron chi connectivity index (χ1n) is 4.05. The molecule has 12 heavy (non-hydrogen) atoms. The van der Waals surface area contributed by atoms with E-state index < -0.39 is 10.0 Å². The smallest absolute Gasteiger partial charge is 0.209 e. The predicted octanol–water partition coefficient (Wildman–Crippen LogP) is 0.482. The zero-order valence-electron chi connectivity index (χ0n) is 7.45. The first kappa shape index (κ1) is 11.9. The number of unbranched alkanes of at least 4 members (excludes halogenated alkanes) is 3. The quantitative estimate of drug-likeness (QED) is 0.601. The monoisotopic (exact) mass is 195 g/mol. The molecular weight excluding hydrogens is 178 g/mol. The lowest BCUT2D eigenvalue weighted by Crippen LogP contribution is -2.16. The fraction of sp³-hybridized carbons (Fsp3) is 1.00. The second-order valence-electron chi connectivity index (χ2n) is 2.77. The molecule has 0 saturated heterocycles. The van der Waals surface area contributed by atoms with E-state index in [-0.39, 0.29) is 5.75 Å². The summed E-state index contributed by atoms with van der Waals surface area (Å²) in [4.78, 5) is 0. The van der Waals surface area contributed by atoms with Crippen LogP contribution in [0.15, 0.2) is 0 Å². The molecule has 0 aromatic carbocycles. The molecule has 0 bridgehead atoms. The molecule has 0 atom stereocenters. The molecule has 0 spiro atoms. The molecule has 0 unspecified atom stereocenters. The molecule has 0 aliphatic rings. The third-order valence-corrected chi connectivity index (χ3v) is 2.39. The van der Waals surface area contributed by atoms with Gasteiger partial charge in [0.15, 0.2) is 0 Å². The van der Waals surface area contributed by atoms with E-state index in [0.717, 1.165) is 25.9 Å². The molecule has 0 heterocycles. The van der Waals surface area contributed by atoms with Crippen molar-refractivity contribution in [1.82, 2.24) is 0 Å². The van der Waals surface area contributed by atoms with Gasteiger partial charge in [-0.25, -0.2) is 13.6 Å². The molecule has 0 aromatic heterocycles. The SMILES string of the molecule is COCCCCCCS(N)(=O)=O. The van der Waals surface area contributed by atoms with Gasteiger partial charge in [0.1, 0.15) is 0 Å². The van der Waals surface area contributed by atoms with Crippen LogP contribution in [0.1, 0.15) is 25.7 Å². The van der Waals surface area contributed by atoms with Crippen LogP contribution >= 0.6 is 0 Å². The number of hydrogen-bond donors (Lipinski definition) is 1. The Morgan fingerprint density at radius 3 is 2.25 bits per heavy atom. The molecule has 5 heteroatoms. The summed E-state index contributed by atoms with van der Waals surface area (Å²) in [6.07, 6.45) is 3.55. The van der Waals surface area contributed by atoms with E-state index in [0.29, 0.717) is 6.42 Å². The van der Waals surface area contributed by atoms with E-state index in [1.54, 1.807) is 7.11 Å². The Labute approximate surface area is 74.1 Å². The Kier molecular flexibility index (Phi) is 6.32. The van der Waals surface area contributed by atoms with Gasteiger partial charge < -0.3 is 4.74 Å². The molecule has 0 aliphatic carbocycles. The molecule has 0 saturated carbocycles. The van der Waals surface area contributed by atoms with Gasteiger partial charge in [0, 0.05) is 13.7 Å². The summed E-state index contributed by atoms with van der Waals surface area (Å²) >= 11 is 0. The van der Waals surface area contributed by atoms with E-state index in [2.05, 4.69) is 0 Å². The van der Waals surface area contributed by atoms with Crippen LogP contribution in [0.5, 0.6) is 0 Å². The number of methoxy groups -OCH3 is 1. The Bertz CT molecular complexity index is 189. The van der Waals surface area contributed by atoms with Crippen molar-refractivity contribution in [2.75, 3.05) is 19.5 Å². The van der Waals surface area contributed by atoms with Crippen LogP contribution in [0.2, 0.25) is 0 Å². The summed E-state index contributed by atoms with van der Waals surface area (Å²) in [6, 6.07) is 0. The summed E-state index contributed by atoms with van der Waals surface area (Å²) in [5.41, 5.74) is 0. The highest BCUT2D eigenvalue weighted by Crippen LogP contribution is 2.00. The van der Waals surface area contributed by atoms with Crippen LogP contribution in [0.3, 0.4) is 0 Å². The normalized spacial score (nSPS) is 11.8. The van der Waals surface area contributed by atoms with Crippen LogP contribution in [0.25, 0.3) is 0 Å². The van der Waals surface area contributed by atoms with Crippen LogP contribution in [0, 0.1) is 0 Å². The first-order chi connectivity index (χ1) is 5.56. The third-order valence-electron chi connectivity index (χ3n) is 1.53. The summed E-state index contributed by atoms with van der Waals surface area (Å²) in [5, 5.41) is 4.82. The molecule has 0 aromatic rings. The summed E-state index contributed by atoms with van der Waals surface area (Å²) in [5.74, 6) is 0.0972. The Morgan fingerprint density at radius 2 is 1.75 bits per heavy atom. The van der Waals surface area contributed by atoms with Crippen LogP contribution in [0.4, 0.5) is 0 Å². The van der Waals surface area contributed by atoms with Crippen LogP contribution < -0.4 is 5.14 Å². The number of nitrogens with two attached hydrogens (primary N) is 1. The molecule has 0 rings (SSSR count). The standard InChI is InChI=1S/C7H17NO3S/c1-11-6-4-2-3-5-7-12(8,9)10/h2-7H2,1H3,(H2,8,9,10). The third kappa shape index (κ3) is 9.87. The van der Waals surface area contributed by atoms with Crippen molar-refractivity contribution in [3.05, 3.63) is 0 Å². The minimum absolute atomic E-state index is 0.0972. The minimum Gasteiger partial charge on any atom is -0.385 e. The summed E-state index contributed by atoms with van der Waals surface area (Å²) in [7, 11) is -1.59. The number of primary sulfonamides is 1. The average Bonchev–Trinajstić information content (AvgIpc) is 1.94. The van der Waals surface area contributed by atoms with E-state index >= 15 is 0 Å². The van der Waals surface area contributed by atoms with Crippen molar-refractivity contribution in [3.8, 4) is 0 Å². The summed E-state index contributed by atoms with van der Waals surface area (Å²) in [6.45, 7) is 0.745. The van der Waals surface area contributed by atoms with Crippen molar-refractivity contribution in [3.63, 3.8) is 0 Å². The largest absolute Gasteiger partial charge is 0.385 e. The van der Waals surface area contributed by atoms with Gasteiger partial charge in [0.2, 0.25) is 10.0 Å². The van der Waals surface area contributed by atoms with E-state index in [4.69, 9.17) is 9.88 Å². The number of sulfonamides is 1. The predicted molar refractivity (Wildman–Crippen MR) is 48.3 cm³/mol. The maximum atomic E-state index is 10.5. The van der Waals surface area contributed by atoms with Crippen molar-refractivity contribution in [2.24, 2.45) is 5.14 Å². The molecule has 0 radical (unpaired) electrons. The van der Waals surface area contributed by atoms with E-state index in [1.165, 1.54) is 0 Å². The van der Waals surface area contributed by atoms with Gasteiger partial charge in [-0.05, 0) is 12.8 Å². The molecule has 0 fully saturated rings.